The highest BCUT2D eigenvalue weighted by molar-refractivity contribution is 5.85. The van der Waals surface area contributed by atoms with Crippen LogP contribution in [-0.2, 0) is 13.0 Å². The van der Waals surface area contributed by atoms with E-state index in [0.717, 1.165) is 30.0 Å². The molecule has 31 heavy (non-hydrogen) atoms. The van der Waals surface area contributed by atoms with Crippen LogP contribution >= 0.6 is 12.4 Å². The zero-order chi connectivity index (χ0) is 20.9. The molecule has 1 heterocycles. The number of methoxy groups -OCH3 is 1. The average molecular weight is 430 g/mol. The number of hydrogen-bond donors (Lipinski definition) is 0. The number of benzene rings is 3. The molecule has 1 aromatic heterocycles. The van der Waals surface area contributed by atoms with Gasteiger partial charge >= 0.3 is 0 Å². The molecule has 0 saturated carbocycles. The Kier molecular flexibility index (Phi) is 7.12. The Hall–Kier alpha value is -3.55. The third-order valence-corrected chi connectivity index (χ3v) is 5.29. The minimum atomic E-state index is 0. The molecule has 4 nitrogen and oxygen atoms in total. The SMILES string of the molecule is COc1cccc(-c2ccc(Cn3cncc3Cc3ccc(C#N)cc3)cc2C)c1.Cl. The molecule has 0 N–H and O–H groups in total. The van der Waals surface area contributed by atoms with E-state index in [1.54, 1.807) is 7.11 Å². The quantitative estimate of drug-likeness (QED) is 0.389. The van der Waals surface area contributed by atoms with Crippen LogP contribution in [0.3, 0.4) is 0 Å². The molecule has 0 aliphatic carbocycles. The van der Waals surface area contributed by atoms with E-state index in [9.17, 15) is 0 Å². The smallest absolute Gasteiger partial charge is 0.119 e. The van der Waals surface area contributed by atoms with E-state index in [1.165, 1.54) is 22.3 Å². The average Bonchev–Trinajstić information content (AvgIpc) is 3.21. The first-order chi connectivity index (χ1) is 14.7. The predicted molar refractivity (Wildman–Crippen MR) is 126 cm³/mol. The summed E-state index contributed by atoms with van der Waals surface area (Å²) < 4.78 is 7.54. The second kappa shape index (κ2) is 9.97. The highest BCUT2D eigenvalue weighted by atomic mass is 35.5. The van der Waals surface area contributed by atoms with Gasteiger partial charge in [-0.25, -0.2) is 4.98 Å². The van der Waals surface area contributed by atoms with Crippen molar-refractivity contribution in [3.8, 4) is 22.9 Å². The van der Waals surface area contributed by atoms with Crippen LogP contribution in [0.25, 0.3) is 11.1 Å². The van der Waals surface area contributed by atoms with Gasteiger partial charge in [0.1, 0.15) is 5.75 Å². The van der Waals surface area contributed by atoms with Crippen LogP contribution in [0.4, 0.5) is 0 Å². The lowest BCUT2D eigenvalue weighted by Gasteiger charge is -2.12. The molecule has 0 fully saturated rings. The summed E-state index contributed by atoms with van der Waals surface area (Å²) in [6.07, 6.45) is 4.58. The summed E-state index contributed by atoms with van der Waals surface area (Å²) in [6.45, 7) is 2.91. The Morgan fingerprint density at radius 1 is 1.00 bits per heavy atom. The van der Waals surface area contributed by atoms with E-state index in [-0.39, 0.29) is 12.4 Å². The van der Waals surface area contributed by atoms with Crippen molar-refractivity contribution >= 4 is 12.4 Å². The van der Waals surface area contributed by atoms with Gasteiger partial charge < -0.3 is 9.30 Å². The van der Waals surface area contributed by atoms with Gasteiger partial charge in [-0.3, -0.25) is 0 Å². The number of ether oxygens (including phenoxy) is 1. The van der Waals surface area contributed by atoms with Crippen LogP contribution in [0.5, 0.6) is 5.75 Å². The van der Waals surface area contributed by atoms with Gasteiger partial charge in [-0.2, -0.15) is 5.26 Å². The van der Waals surface area contributed by atoms with Gasteiger partial charge in [0.05, 0.1) is 25.1 Å². The Labute approximate surface area is 189 Å². The second-order valence-corrected chi connectivity index (χ2v) is 7.38. The molecule has 4 rings (SSSR count). The third kappa shape index (κ3) is 5.14. The number of nitrogens with zero attached hydrogens (tertiary/aromatic N) is 3. The molecule has 0 amide bonds. The monoisotopic (exact) mass is 429 g/mol. The van der Waals surface area contributed by atoms with E-state index < -0.39 is 0 Å². The molecular weight excluding hydrogens is 406 g/mol. The van der Waals surface area contributed by atoms with Crippen molar-refractivity contribution in [3.05, 3.63) is 107 Å². The summed E-state index contributed by atoms with van der Waals surface area (Å²) in [5.74, 6) is 0.863. The summed E-state index contributed by atoms with van der Waals surface area (Å²) in [5, 5.41) is 8.96. The fourth-order valence-corrected chi connectivity index (χ4v) is 3.68. The maximum Gasteiger partial charge on any atom is 0.119 e. The number of halogens is 1. The fraction of sp³-hybridized carbons (Fsp3) is 0.154. The van der Waals surface area contributed by atoms with Crippen molar-refractivity contribution in [3.63, 3.8) is 0 Å². The summed E-state index contributed by atoms with van der Waals surface area (Å²) in [6, 6.07) is 24.6. The van der Waals surface area contributed by atoms with E-state index in [4.69, 9.17) is 10.00 Å². The third-order valence-electron chi connectivity index (χ3n) is 5.29. The summed E-state index contributed by atoms with van der Waals surface area (Å²) in [7, 11) is 1.69. The van der Waals surface area contributed by atoms with E-state index in [0.29, 0.717) is 5.56 Å². The fourth-order valence-electron chi connectivity index (χ4n) is 3.68. The first-order valence-electron chi connectivity index (χ1n) is 9.88. The lowest BCUT2D eigenvalue weighted by Crippen LogP contribution is -2.04. The molecule has 0 aliphatic heterocycles. The second-order valence-electron chi connectivity index (χ2n) is 7.38. The minimum Gasteiger partial charge on any atom is -0.497 e. The van der Waals surface area contributed by atoms with E-state index >= 15 is 0 Å². The number of hydrogen-bond acceptors (Lipinski definition) is 3. The highest BCUT2D eigenvalue weighted by Gasteiger charge is 2.08. The van der Waals surface area contributed by atoms with Gasteiger partial charge in [0.25, 0.3) is 0 Å². The van der Waals surface area contributed by atoms with Crippen molar-refractivity contribution in [2.24, 2.45) is 0 Å². The molecule has 0 spiro atoms. The normalized spacial score (nSPS) is 10.2. The van der Waals surface area contributed by atoms with Crippen LogP contribution in [-0.4, -0.2) is 16.7 Å². The van der Waals surface area contributed by atoms with Crippen LogP contribution in [0, 0.1) is 18.3 Å². The predicted octanol–water partition coefficient (Wildman–Crippen LogP) is 5.80. The Morgan fingerprint density at radius 3 is 2.48 bits per heavy atom. The number of nitriles is 1. The van der Waals surface area contributed by atoms with E-state index in [2.05, 4.69) is 52.9 Å². The molecule has 0 bridgehead atoms. The molecule has 0 aliphatic rings. The lowest BCUT2D eigenvalue weighted by molar-refractivity contribution is 0.415. The summed E-state index contributed by atoms with van der Waals surface area (Å²) >= 11 is 0. The Balaban J connectivity index is 0.00000272. The van der Waals surface area contributed by atoms with Gasteiger partial charge in [-0.05, 0) is 59.0 Å². The summed E-state index contributed by atoms with van der Waals surface area (Å²) in [4.78, 5) is 4.35. The van der Waals surface area contributed by atoms with Gasteiger partial charge in [0.2, 0.25) is 0 Å². The largest absolute Gasteiger partial charge is 0.497 e. The van der Waals surface area contributed by atoms with Crippen LogP contribution in [0.15, 0.2) is 79.3 Å². The maximum atomic E-state index is 8.96. The van der Waals surface area contributed by atoms with Crippen molar-refractivity contribution in [2.45, 2.75) is 19.9 Å². The first-order valence-corrected chi connectivity index (χ1v) is 9.88. The molecule has 0 atom stereocenters. The van der Waals surface area contributed by atoms with Crippen LogP contribution < -0.4 is 4.74 Å². The molecule has 0 saturated heterocycles. The van der Waals surface area contributed by atoms with Gasteiger partial charge in [-0.1, -0.05) is 42.5 Å². The zero-order valence-electron chi connectivity index (χ0n) is 17.6. The number of rotatable bonds is 6. The summed E-state index contributed by atoms with van der Waals surface area (Å²) in [5.41, 5.74) is 7.82. The first kappa shape index (κ1) is 22.1. The van der Waals surface area contributed by atoms with E-state index in [1.807, 2.05) is 48.9 Å². The molecular formula is C26H24ClN3O. The Morgan fingerprint density at radius 2 is 1.77 bits per heavy atom. The molecule has 0 unspecified atom stereocenters. The number of aromatic nitrogens is 2. The van der Waals surface area contributed by atoms with Gasteiger partial charge in [0, 0.05) is 24.9 Å². The van der Waals surface area contributed by atoms with Crippen molar-refractivity contribution in [1.29, 1.82) is 5.26 Å². The standard InChI is InChI=1S/C26H23N3O.ClH/c1-19-12-22(10-11-26(19)23-4-3-5-25(14-23)30-2)17-29-18-28-16-24(29)13-20-6-8-21(15-27)9-7-20;/h3-12,14,16,18H,13,17H2,1-2H3;1H. The number of aryl methyl sites for hydroxylation is 1. The molecule has 0 radical (unpaired) electrons. The van der Waals surface area contributed by atoms with Crippen molar-refractivity contribution in [2.75, 3.05) is 7.11 Å². The van der Waals surface area contributed by atoms with Crippen LogP contribution in [0.1, 0.15) is 27.9 Å². The minimum absolute atomic E-state index is 0. The molecule has 4 aromatic rings. The van der Waals surface area contributed by atoms with Crippen LogP contribution in [0.2, 0.25) is 0 Å². The maximum absolute atomic E-state index is 8.96. The molecule has 3 aromatic carbocycles. The lowest BCUT2D eigenvalue weighted by atomic mass is 9.98. The topological polar surface area (TPSA) is 50.8 Å². The van der Waals surface area contributed by atoms with Crippen molar-refractivity contribution < 1.29 is 4.74 Å². The molecule has 156 valence electrons. The Bertz CT molecular complexity index is 1210. The highest BCUT2D eigenvalue weighted by Crippen LogP contribution is 2.27. The molecule has 5 heteroatoms. The van der Waals surface area contributed by atoms with Gasteiger partial charge in [0.15, 0.2) is 0 Å². The number of imidazole rings is 1. The van der Waals surface area contributed by atoms with Gasteiger partial charge in [-0.15, -0.1) is 12.4 Å². The zero-order valence-corrected chi connectivity index (χ0v) is 18.4. The van der Waals surface area contributed by atoms with Crippen molar-refractivity contribution in [1.82, 2.24) is 9.55 Å².